The molecule has 0 unspecified atom stereocenters. The van der Waals surface area contributed by atoms with Crippen LogP contribution in [0.4, 0.5) is 11.5 Å². The number of piperazine rings is 1. The van der Waals surface area contributed by atoms with Crippen LogP contribution in [-0.4, -0.2) is 44.2 Å². The number of anilines is 2. The van der Waals surface area contributed by atoms with Gasteiger partial charge in [-0.1, -0.05) is 18.2 Å². The molecule has 0 aliphatic carbocycles. The van der Waals surface area contributed by atoms with E-state index in [1.54, 1.807) is 13.0 Å². The fraction of sp³-hybridized carbons (Fsp3) is 0.316. The smallest absolute Gasteiger partial charge is 0.339 e. The molecule has 0 radical (unpaired) electrons. The molecule has 6 heteroatoms. The van der Waals surface area contributed by atoms with Crippen LogP contribution in [0.3, 0.4) is 0 Å². The van der Waals surface area contributed by atoms with Gasteiger partial charge in [0.1, 0.15) is 11.9 Å². The van der Waals surface area contributed by atoms with Crippen LogP contribution < -0.4 is 9.80 Å². The maximum Gasteiger partial charge on any atom is 0.339 e. The lowest BCUT2D eigenvalue weighted by atomic mass is 10.1. The Labute approximate surface area is 147 Å². The average molecular weight is 336 g/mol. The Morgan fingerprint density at radius 1 is 1.16 bits per heavy atom. The molecule has 0 spiro atoms. The van der Waals surface area contributed by atoms with Crippen molar-refractivity contribution < 1.29 is 9.53 Å². The monoisotopic (exact) mass is 336 g/mol. The van der Waals surface area contributed by atoms with Crippen molar-refractivity contribution in [3.8, 4) is 6.07 Å². The summed E-state index contributed by atoms with van der Waals surface area (Å²) in [6.45, 7) is 5.01. The number of aromatic nitrogens is 1. The molecule has 3 rings (SSSR count). The molecule has 1 aromatic carbocycles. The van der Waals surface area contributed by atoms with Crippen LogP contribution in [0.15, 0.2) is 36.4 Å². The minimum absolute atomic E-state index is 0.339. The van der Waals surface area contributed by atoms with E-state index < -0.39 is 5.97 Å². The molecule has 0 saturated carbocycles. The van der Waals surface area contributed by atoms with Gasteiger partial charge >= 0.3 is 5.97 Å². The van der Waals surface area contributed by atoms with Crippen LogP contribution in [0.5, 0.6) is 0 Å². The number of hydrogen-bond donors (Lipinski definition) is 0. The number of nitriles is 1. The number of para-hydroxylation sites is 1. The first kappa shape index (κ1) is 16.8. The highest BCUT2D eigenvalue weighted by molar-refractivity contribution is 5.91. The number of nitrogens with zero attached hydrogens (tertiary/aromatic N) is 4. The predicted octanol–water partition coefficient (Wildman–Crippen LogP) is 2.37. The van der Waals surface area contributed by atoms with E-state index in [4.69, 9.17) is 4.74 Å². The number of methoxy groups -OCH3 is 1. The van der Waals surface area contributed by atoms with Gasteiger partial charge in [-0.3, -0.25) is 0 Å². The van der Waals surface area contributed by atoms with Gasteiger partial charge in [0, 0.05) is 31.9 Å². The van der Waals surface area contributed by atoms with E-state index in [1.165, 1.54) is 12.8 Å². The zero-order chi connectivity index (χ0) is 17.8. The lowest BCUT2D eigenvalue weighted by Crippen LogP contribution is -2.47. The highest BCUT2D eigenvalue weighted by Gasteiger charge is 2.23. The van der Waals surface area contributed by atoms with Gasteiger partial charge in [-0.15, -0.1) is 0 Å². The zero-order valence-corrected chi connectivity index (χ0v) is 14.4. The topological polar surface area (TPSA) is 69.5 Å². The quantitative estimate of drug-likeness (QED) is 0.802. The second-order valence-corrected chi connectivity index (χ2v) is 5.91. The number of benzene rings is 1. The maximum absolute atomic E-state index is 11.8. The van der Waals surface area contributed by atoms with E-state index in [9.17, 15) is 10.1 Å². The third-order valence-electron chi connectivity index (χ3n) is 4.42. The molecule has 1 aliphatic rings. The number of ether oxygens (including phenoxy) is 1. The van der Waals surface area contributed by atoms with E-state index in [0.29, 0.717) is 22.6 Å². The highest BCUT2D eigenvalue weighted by atomic mass is 16.5. The molecule has 25 heavy (non-hydrogen) atoms. The first-order valence-corrected chi connectivity index (χ1v) is 8.19. The van der Waals surface area contributed by atoms with Crippen molar-refractivity contribution in [3.63, 3.8) is 0 Å². The van der Waals surface area contributed by atoms with Crippen molar-refractivity contribution >= 4 is 17.5 Å². The Morgan fingerprint density at radius 2 is 1.80 bits per heavy atom. The van der Waals surface area contributed by atoms with Crippen molar-refractivity contribution in [3.05, 3.63) is 53.2 Å². The van der Waals surface area contributed by atoms with E-state index in [1.807, 2.05) is 18.2 Å². The van der Waals surface area contributed by atoms with Crippen LogP contribution in [0.1, 0.15) is 21.6 Å². The van der Waals surface area contributed by atoms with Gasteiger partial charge in [-0.2, -0.15) is 5.26 Å². The Bertz CT molecular complexity index is 806. The summed E-state index contributed by atoms with van der Waals surface area (Å²) in [4.78, 5) is 20.7. The molecule has 0 atom stereocenters. The number of esters is 1. The number of rotatable bonds is 3. The van der Waals surface area contributed by atoms with Crippen molar-refractivity contribution in [2.45, 2.75) is 6.92 Å². The molecule has 1 aliphatic heterocycles. The van der Waals surface area contributed by atoms with Crippen molar-refractivity contribution in [2.75, 3.05) is 43.1 Å². The van der Waals surface area contributed by atoms with Crippen molar-refractivity contribution in [2.24, 2.45) is 0 Å². The SMILES string of the molecule is COC(=O)c1cc(C#N)c(N2CCN(c3ccccc3)CC2)nc1C. The van der Waals surface area contributed by atoms with Crippen molar-refractivity contribution in [1.82, 2.24) is 4.98 Å². The third-order valence-corrected chi connectivity index (χ3v) is 4.42. The predicted molar refractivity (Wildman–Crippen MR) is 95.9 cm³/mol. The van der Waals surface area contributed by atoms with Gasteiger partial charge in [-0.05, 0) is 25.1 Å². The fourth-order valence-electron chi connectivity index (χ4n) is 3.05. The van der Waals surface area contributed by atoms with Gasteiger partial charge in [0.15, 0.2) is 0 Å². The van der Waals surface area contributed by atoms with Gasteiger partial charge in [0.2, 0.25) is 0 Å². The van der Waals surface area contributed by atoms with Crippen LogP contribution in [0.25, 0.3) is 0 Å². The lowest BCUT2D eigenvalue weighted by molar-refractivity contribution is 0.0599. The minimum atomic E-state index is -0.470. The average Bonchev–Trinajstić information content (AvgIpc) is 2.68. The third kappa shape index (κ3) is 3.41. The van der Waals surface area contributed by atoms with Gasteiger partial charge in [-0.25, -0.2) is 9.78 Å². The minimum Gasteiger partial charge on any atom is -0.465 e. The number of aryl methyl sites for hydroxylation is 1. The van der Waals surface area contributed by atoms with Crippen LogP contribution in [0.2, 0.25) is 0 Å². The van der Waals surface area contributed by atoms with Crippen LogP contribution in [-0.2, 0) is 4.74 Å². The molecule has 1 aromatic heterocycles. The van der Waals surface area contributed by atoms with Crippen LogP contribution >= 0.6 is 0 Å². The molecule has 2 aromatic rings. The Morgan fingerprint density at radius 3 is 2.40 bits per heavy atom. The Balaban J connectivity index is 1.80. The largest absolute Gasteiger partial charge is 0.465 e. The summed E-state index contributed by atoms with van der Waals surface area (Å²) in [5.41, 5.74) is 2.52. The van der Waals surface area contributed by atoms with E-state index in [0.717, 1.165) is 26.2 Å². The number of carbonyl (C=O) groups is 1. The Kier molecular flexibility index (Phi) is 4.85. The molecule has 1 saturated heterocycles. The number of hydrogen-bond acceptors (Lipinski definition) is 6. The molecule has 128 valence electrons. The van der Waals surface area contributed by atoms with Gasteiger partial charge in [0.05, 0.1) is 23.9 Å². The molecular weight excluding hydrogens is 316 g/mol. The molecular formula is C19H20N4O2. The van der Waals surface area contributed by atoms with Gasteiger partial charge in [0.25, 0.3) is 0 Å². The molecule has 1 fully saturated rings. The summed E-state index contributed by atoms with van der Waals surface area (Å²) < 4.78 is 4.76. The summed E-state index contributed by atoms with van der Waals surface area (Å²) in [5.74, 6) is 0.169. The molecule has 6 nitrogen and oxygen atoms in total. The normalized spacial score (nSPS) is 14.1. The number of pyridine rings is 1. The first-order chi connectivity index (χ1) is 12.1. The molecule has 2 heterocycles. The second-order valence-electron chi connectivity index (χ2n) is 5.91. The van der Waals surface area contributed by atoms with Crippen LogP contribution in [0, 0.1) is 18.3 Å². The Hall–Kier alpha value is -3.07. The summed E-state index contributed by atoms with van der Waals surface area (Å²) in [6.07, 6.45) is 0. The fourth-order valence-corrected chi connectivity index (χ4v) is 3.05. The summed E-state index contributed by atoms with van der Waals surface area (Å²) in [5, 5.41) is 9.47. The molecule has 0 amide bonds. The lowest BCUT2D eigenvalue weighted by Gasteiger charge is -2.37. The highest BCUT2D eigenvalue weighted by Crippen LogP contribution is 2.24. The zero-order valence-electron chi connectivity index (χ0n) is 14.4. The summed E-state index contributed by atoms with van der Waals surface area (Å²) >= 11 is 0. The van der Waals surface area contributed by atoms with Gasteiger partial charge < -0.3 is 14.5 Å². The standard InChI is InChI=1S/C19H20N4O2/c1-14-17(19(24)25-2)12-15(13-20)18(21-14)23-10-8-22(9-11-23)16-6-4-3-5-7-16/h3-7,12H,8-11H2,1-2H3. The molecule has 0 bridgehead atoms. The van der Waals surface area contributed by atoms with E-state index in [2.05, 4.69) is 33.0 Å². The first-order valence-electron chi connectivity index (χ1n) is 8.19. The van der Waals surface area contributed by atoms with E-state index >= 15 is 0 Å². The summed E-state index contributed by atoms with van der Waals surface area (Å²) in [6, 6.07) is 14.0. The van der Waals surface area contributed by atoms with E-state index in [-0.39, 0.29) is 0 Å². The molecule has 0 N–H and O–H groups in total. The summed E-state index contributed by atoms with van der Waals surface area (Å²) in [7, 11) is 1.32. The number of carbonyl (C=O) groups excluding carboxylic acids is 1. The maximum atomic E-state index is 11.8. The van der Waals surface area contributed by atoms with Crippen molar-refractivity contribution in [1.29, 1.82) is 5.26 Å². The second kappa shape index (κ2) is 7.22.